The van der Waals surface area contributed by atoms with E-state index < -0.39 is 6.04 Å². The molecule has 222 valence electrons. The molecule has 1 N–H and O–H groups in total. The van der Waals surface area contributed by atoms with E-state index in [1.54, 1.807) is 45.0 Å². The summed E-state index contributed by atoms with van der Waals surface area (Å²) in [5, 5.41) is 4.96. The van der Waals surface area contributed by atoms with Gasteiger partial charge in [-0.3, -0.25) is 14.2 Å². The zero-order valence-corrected chi connectivity index (χ0v) is 25.8. The van der Waals surface area contributed by atoms with Gasteiger partial charge in [-0.15, -0.1) is 0 Å². The van der Waals surface area contributed by atoms with E-state index in [0.717, 1.165) is 27.6 Å². The Kier molecular flexibility index (Phi) is 7.80. The second-order valence-corrected chi connectivity index (χ2v) is 11.4. The normalized spacial score (nSPS) is 14.7. The summed E-state index contributed by atoms with van der Waals surface area (Å²) < 4.78 is 18.7. The molecular weight excluding hydrogens is 574 g/mol. The van der Waals surface area contributed by atoms with Crippen molar-refractivity contribution in [3.8, 4) is 17.2 Å². The fraction of sp³-hybridized carbons (Fsp3) is 0.171. The molecule has 1 unspecified atom stereocenters. The molecule has 0 saturated carbocycles. The summed E-state index contributed by atoms with van der Waals surface area (Å²) in [5.41, 5.74) is 3.83. The van der Waals surface area contributed by atoms with E-state index >= 15 is 0 Å². The quantitative estimate of drug-likeness (QED) is 0.270. The maximum atomic E-state index is 14.3. The van der Waals surface area contributed by atoms with E-state index in [-0.39, 0.29) is 11.5 Å². The highest BCUT2D eigenvalue weighted by Gasteiger charge is 2.33. The number of hydrogen-bond donors (Lipinski definition) is 1. The fourth-order valence-corrected chi connectivity index (χ4v) is 6.63. The van der Waals surface area contributed by atoms with Gasteiger partial charge >= 0.3 is 0 Å². The second-order valence-electron chi connectivity index (χ2n) is 10.4. The summed E-state index contributed by atoms with van der Waals surface area (Å²) in [6.45, 7) is 3.73. The van der Waals surface area contributed by atoms with Crippen LogP contribution in [0.5, 0.6) is 17.2 Å². The number of thiazole rings is 1. The number of hydrogen-bond acceptors (Lipinski definition) is 7. The number of nitrogens with zero attached hydrogens (tertiary/aromatic N) is 2. The lowest BCUT2D eigenvalue weighted by Crippen LogP contribution is -2.40. The number of amides is 1. The van der Waals surface area contributed by atoms with Gasteiger partial charge in [0.2, 0.25) is 0 Å². The van der Waals surface area contributed by atoms with Crippen LogP contribution in [0.15, 0.2) is 99.9 Å². The Morgan fingerprint density at radius 2 is 1.55 bits per heavy atom. The van der Waals surface area contributed by atoms with Crippen LogP contribution < -0.4 is 34.4 Å². The fourth-order valence-electron chi connectivity index (χ4n) is 5.59. The minimum atomic E-state index is -0.759. The van der Waals surface area contributed by atoms with Crippen molar-refractivity contribution in [3.63, 3.8) is 0 Å². The molecule has 0 bridgehead atoms. The average molecular weight is 606 g/mol. The molecule has 0 saturated heterocycles. The molecule has 44 heavy (non-hydrogen) atoms. The summed E-state index contributed by atoms with van der Waals surface area (Å²) >= 11 is 1.29. The topological polar surface area (TPSA) is 91.2 Å². The molecule has 9 heteroatoms. The van der Waals surface area contributed by atoms with Gasteiger partial charge in [0.25, 0.3) is 11.5 Å². The largest absolute Gasteiger partial charge is 0.496 e. The smallest absolute Gasteiger partial charge is 0.271 e. The lowest BCUT2D eigenvalue weighted by Gasteiger charge is -2.26. The maximum Gasteiger partial charge on any atom is 0.271 e. The first-order valence-electron chi connectivity index (χ1n) is 14.0. The molecule has 1 aliphatic heterocycles. The van der Waals surface area contributed by atoms with Crippen molar-refractivity contribution in [1.29, 1.82) is 0 Å². The minimum absolute atomic E-state index is 0.248. The molecule has 8 nitrogen and oxygen atoms in total. The van der Waals surface area contributed by atoms with E-state index in [1.807, 2.05) is 79.7 Å². The molecule has 0 radical (unpaired) electrons. The molecular formula is C35H31N3O5S. The standard InChI is InChI=1S/C35H31N3O5S/c1-20-10-6-9-13-26(20)37-33(39)31-21(2)36-35-38(32(31)23-15-17-28(42-4)29(18-23)43-5)34(40)30(44-35)19-22-14-16-27(41-3)25-12-8-7-11-24(22)25/h6-19,32H,1-5H3,(H,37,39)/b30-19-. The van der Waals surface area contributed by atoms with Crippen LogP contribution in [0.3, 0.4) is 0 Å². The maximum absolute atomic E-state index is 14.3. The molecule has 6 rings (SSSR count). The second kappa shape index (κ2) is 11.9. The van der Waals surface area contributed by atoms with Crippen LogP contribution in [0.2, 0.25) is 0 Å². The van der Waals surface area contributed by atoms with E-state index in [9.17, 15) is 9.59 Å². The molecule has 0 fully saturated rings. The van der Waals surface area contributed by atoms with Gasteiger partial charge < -0.3 is 19.5 Å². The van der Waals surface area contributed by atoms with Gasteiger partial charge in [-0.25, -0.2) is 4.99 Å². The summed E-state index contributed by atoms with van der Waals surface area (Å²) in [4.78, 5) is 33.6. The Morgan fingerprint density at radius 3 is 2.27 bits per heavy atom. The number of carbonyl (C=O) groups excluding carboxylic acids is 1. The zero-order chi connectivity index (χ0) is 31.0. The lowest BCUT2D eigenvalue weighted by atomic mass is 9.94. The third-order valence-corrected chi connectivity index (χ3v) is 8.79. The van der Waals surface area contributed by atoms with Gasteiger partial charge in [0.15, 0.2) is 16.3 Å². The molecule has 1 atom stereocenters. The average Bonchev–Trinajstić information content (AvgIpc) is 3.34. The van der Waals surface area contributed by atoms with Gasteiger partial charge in [-0.05, 0) is 66.3 Å². The molecule has 1 aliphatic rings. The third kappa shape index (κ3) is 5.05. The van der Waals surface area contributed by atoms with Crippen molar-refractivity contribution in [2.24, 2.45) is 4.99 Å². The lowest BCUT2D eigenvalue weighted by molar-refractivity contribution is -0.113. The Morgan fingerprint density at radius 1 is 0.864 bits per heavy atom. The van der Waals surface area contributed by atoms with E-state index in [2.05, 4.69) is 5.32 Å². The number of rotatable bonds is 7. The molecule has 5 aromatic rings. The number of methoxy groups -OCH3 is 3. The Bertz CT molecular complexity index is 2140. The summed E-state index contributed by atoms with van der Waals surface area (Å²) in [5.74, 6) is 1.45. The van der Waals surface area contributed by atoms with Crippen molar-refractivity contribution >= 4 is 39.8 Å². The van der Waals surface area contributed by atoms with Crippen LogP contribution in [0.25, 0.3) is 16.8 Å². The number of allylic oxidation sites excluding steroid dienone is 1. The summed E-state index contributed by atoms with van der Waals surface area (Å²) in [6.07, 6.45) is 1.88. The van der Waals surface area contributed by atoms with Crippen LogP contribution in [-0.4, -0.2) is 31.8 Å². The first-order chi connectivity index (χ1) is 21.3. The number of aromatic nitrogens is 1. The van der Waals surface area contributed by atoms with Crippen molar-refractivity contribution in [2.45, 2.75) is 19.9 Å². The predicted octanol–water partition coefficient (Wildman–Crippen LogP) is 5.36. The third-order valence-electron chi connectivity index (χ3n) is 7.81. The SMILES string of the molecule is COc1ccc(C2C(C(=O)Nc3ccccc3C)=C(C)N=c3s/c(=C\c4ccc(OC)c5ccccc45)c(=O)n32)cc1OC. The van der Waals surface area contributed by atoms with E-state index in [4.69, 9.17) is 19.2 Å². The van der Waals surface area contributed by atoms with Crippen LogP contribution in [-0.2, 0) is 4.79 Å². The van der Waals surface area contributed by atoms with Gasteiger partial charge in [0, 0.05) is 11.1 Å². The first kappa shape index (κ1) is 28.9. The van der Waals surface area contributed by atoms with Crippen LogP contribution in [0.4, 0.5) is 5.69 Å². The van der Waals surface area contributed by atoms with Crippen LogP contribution in [0.1, 0.15) is 29.7 Å². The monoisotopic (exact) mass is 605 g/mol. The van der Waals surface area contributed by atoms with Crippen molar-refractivity contribution in [2.75, 3.05) is 26.6 Å². The predicted molar refractivity (Wildman–Crippen MR) is 174 cm³/mol. The molecule has 4 aromatic carbocycles. The number of anilines is 1. The van der Waals surface area contributed by atoms with Crippen molar-refractivity contribution in [1.82, 2.24) is 4.57 Å². The zero-order valence-electron chi connectivity index (χ0n) is 25.0. The molecule has 2 heterocycles. The number of nitrogens with one attached hydrogen (secondary N) is 1. The van der Waals surface area contributed by atoms with E-state index in [1.165, 1.54) is 11.3 Å². The van der Waals surface area contributed by atoms with Crippen molar-refractivity contribution < 1.29 is 19.0 Å². The number of aryl methyl sites for hydroxylation is 1. The highest BCUT2D eigenvalue weighted by atomic mass is 32.1. The number of fused-ring (bicyclic) bond motifs is 2. The number of para-hydroxylation sites is 1. The van der Waals surface area contributed by atoms with Gasteiger partial charge in [-0.2, -0.15) is 0 Å². The first-order valence-corrected chi connectivity index (χ1v) is 14.8. The molecule has 1 amide bonds. The molecule has 0 aliphatic carbocycles. The summed E-state index contributed by atoms with van der Waals surface area (Å²) in [7, 11) is 4.76. The Balaban J connectivity index is 1.55. The van der Waals surface area contributed by atoms with E-state index in [0.29, 0.717) is 43.4 Å². The molecule has 1 aromatic heterocycles. The summed E-state index contributed by atoms with van der Waals surface area (Å²) in [6, 6.07) is 24.0. The van der Waals surface area contributed by atoms with Gasteiger partial charge in [-0.1, -0.05) is 65.9 Å². The van der Waals surface area contributed by atoms with Crippen LogP contribution in [0, 0.1) is 6.92 Å². The highest BCUT2D eigenvalue weighted by molar-refractivity contribution is 7.07. The molecule has 0 spiro atoms. The van der Waals surface area contributed by atoms with Gasteiger partial charge in [0.1, 0.15) is 5.75 Å². The number of ether oxygens (including phenoxy) is 3. The Hall–Kier alpha value is -5.15. The minimum Gasteiger partial charge on any atom is -0.496 e. The Labute approximate surface area is 258 Å². The van der Waals surface area contributed by atoms with Gasteiger partial charge in [0.05, 0.1) is 43.2 Å². The number of benzene rings is 4. The number of carbonyl (C=O) groups is 1. The van der Waals surface area contributed by atoms with Crippen LogP contribution >= 0.6 is 11.3 Å². The van der Waals surface area contributed by atoms with Crippen molar-refractivity contribution in [3.05, 3.63) is 127 Å². The highest BCUT2D eigenvalue weighted by Crippen LogP contribution is 2.36.